The topological polar surface area (TPSA) is 77.1 Å². The van der Waals surface area contributed by atoms with Gasteiger partial charge in [-0.2, -0.15) is 5.10 Å². The summed E-state index contributed by atoms with van der Waals surface area (Å²) < 4.78 is 0. The van der Waals surface area contributed by atoms with E-state index in [1.807, 2.05) is 19.1 Å². The molecule has 0 unspecified atom stereocenters. The lowest BCUT2D eigenvalue weighted by atomic mass is 9.99. The predicted molar refractivity (Wildman–Crippen MR) is 123 cm³/mol. The lowest BCUT2D eigenvalue weighted by Crippen LogP contribution is -2.50. The van der Waals surface area contributed by atoms with Gasteiger partial charge in [0.05, 0.1) is 11.4 Å². The number of phenolic OH excluding ortho intramolecular Hbond substituents is 1. The first-order valence-corrected chi connectivity index (χ1v) is 10.7. The fourth-order valence-electron chi connectivity index (χ4n) is 4.56. The molecule has 3 N–H and O–H groups in total. The van der Waals surface area contributed by atoms with Crippen molar-refractivity contribution in [1.29, 1.82) is 0 Å². The van der Waals surface area contributed by atoms with Crippen LogP contribution >= 0.6 is 0 Å². The van der Waals surface area contributed by atoms with Crippen LogP contribution in [0.15, 0.2) is 60.7 Å². The van der Waals surface area contributed by atoms with Crippen LogP contribution in [-0.4, -0.2) is 44.3 Å². The van der Waals surface area contributed by atoms with Crippen molar-refractivity contribution in [3.05, 3.63) is 77.5 Å². The molecule has 1 aliphatic heterocycles. The molecule has 6 heteroatoms. The third kappa shape index (κ3) is 3.92. The Bertz CT molecular complexity index is 1190. The Morgan fingerprint density at radius 2 is 1.87 bits per heavy atom. The quantitative estimate of drug-likeness (QED) is 0.468. The van der Waals surface area contributed by atoms with Gasteiger partial charge in [-0.1, -0.05) is 30.3 Å². The second kappa shape index (κ2) is 8.13. The molecule has 3 heterocycles. The number of hydrogen-bond donors (Lipinski definition) is 3. The predicted octanol–water partition coefficient (Wildman–Crippen LogP) is 4.17. The van der Waals surface area contributed by atoms with Crippen LogP contribution in [0.2, 0.25) is 0 Å². The third-order valence-electron chi connectivity index (χ3n) is 6.12. The number of aromatic hydroxyl groups is 1. The molecule has 0 saturated carbocycles. The molecule has 2 atom stereocenters. The van der Waals surface area contributed by atoms with Gasteiger partial charge in [-0.25, -0.2) is 4.98 Å². The highest BCUT2D eigenvalue weighted by Gasteiger charge is 2.28. The SMILES string of the molecule is Cc1n[nH]c2nc(-c3ccc(O)cc3)cc(CN3C[C@H](C)NC[C@H]3c3ccccc3)c12. The smallest absolute Gasteiger partial charge is 0.156 e. The van der Waals surface area contributed by atoms with Gasteiger partial charge in [0.1, 0.15) is 5.75 Å². The van der Waals surface area contributed by atoms with E-state index < -0.39 is 0 Å². The number of aromatic amines is 1. The van der Waals surface area contributed by atoms with Crippen molar-refractivity contribution in [3.8, 4) is 17.0 Å². The molecular formula is C25H27N5O. The second-order valence-electron chi connectivity index (χ2n) is 8.41. The van der Waals surface area contributed by atoms with E-state index in [0.717, 1.165) is 47.6 Å². The number of aromatic nitrogens is 3. The highest BCUT2D eigenvalue weighted by molar-refractivity contribution is 5.84. The Morgan fingerprint density at radius 3 is 2.65 bits per heavy atom. The summed E-state index contributed by atoms with van der Waals surface area (Å²) in [6, 6.07) is 20.8. The van der Waals surface area contributed by atoms with Crippen molar-refractivity contribution in [1.82, 2.24) is 25.4 Å². The number of aryl methyl sites for hydroxylation is 1. The summed E-state index contributed by atoms with van der Waals surface area (Å²) in [5, 5.41) is 21.9. The third-order valence-corrected chi connectivity index (χ3v) is 6.12. The number of pyridine rings is 1. The van der Waals surface area contributed by atoms with E-state index in [9.17, 15) is 5.11 Å². The minimum absolute atomic E-state index is 0.253. The molecule has 5 rings (SSSR count). The van der Waals surface area contributed by atoms with Crippen molar-refractivity contribution in [2.24, 2.45) is 0 Å². The van der Waals surface area contributed by atoms with E-state index >= 15 is 0 Å². The maximum Gasteiger partial charge on any atom is 0.156 e. The monoisotopic (exact) mass is 413 g/mol. The summed E-state index contributed by atoms with van der Waals surface area (Å²) >= 11 is 0. The Hall–Kier alpha value is -3.22. The van der Waals surface area contributed by atoms with Crippen LogP contribution in [0.5, 0.6) is 5.75 Å². The minimum Gasteiger partial charge on any atom is -0.508 e. The van der Waals surface area contributed by atoms with E-state index in [4.69, 9.17) is 4.98 Å². The molecular weight excluding hydrogens is 386 g/mol. The number of hydrogen-bond acceptors (Lipinski definition) is 5. The van der Waals surface area contributed by atoms with Crippen LogP contribution < -0.4 is 5.32 Å². The molecule has 158 valence electrons. The molecule has 6 nitrogen and oxygen atoms in total. The molecule has 2 aromatic carbocycles. The van der Waals surface area contributed by atoms with Crippen LogP contribution in [0.1, 0.15) is 29.8 Å². The Labute approximate surface area is 181 Å². The lowest BCUT2D eigenvalue weighted by molar-refractivity contribution is 0.128. The number of phenols is 1. The standard InChI is InChI=1S/C25H27N5O/c1-16-14-30(23(13-26-16)19-6-4-3-5-7-19)15-20-12-22(18-8-10-21(31)11-9-18)27-25-24(20)17(2)28-29-25/h3-12,16,23,26,31H,13-15H2,1-2H3,(H,27,28,29)/t16-,23-/m0/s1. The largest absolute Gasteiger partial charge is 0.508 e. The average molecular weight is 414 g/mol. The summed E-state index contributed by atoms with van der Waals surface area (Å²) in [7, 11) is 0. The van der Waals surface area contributed by atoms with Gasteiger partial charge in [-0.3, -0.25) is 10.00 Å². The molecule has 0 amide bonds. The lowest BCUT2D eigenvalue weighted by Gasteiger charge is -2.40. The van der Waals surface area contributed by atoms with Crippen molar-refractivity contribution < 1.29 is 5.11 Å². The zero-order valence-electron chi connectivity index (χ0n) is 17.8. The Morgan fingerprint density at radius 1 is 1.10 bits per heavy atom. The Balaban J connectivity index is 1.56. The van der Waals surface area contributed by atoms with E-state index in [-0.39, 0.29) is 5.75 Å². The van der Waals surface area contributed by atoms with Crippen molar-refractivity contribution in [2.75, 3.05) is 13.1 Å². The van der Waals surface area contributed by atoms with E-state index in [1.54, 1.807) is 12.1 Å². The van der Waals surface area contributed by atoms with Crippen LogP contribution in [0.25, 0.3) is 22.3 Å². The zero-order chi connectivity index (χ0) is 21.4. The first-order chi connectivity index (χ1) is 15.1. The van der Waals surface area contributed by atoms with E-state index in [0.29, 0.717) is 12.1 Å². The number of benzene rings is 2. The number of H-pyrrole nitrogens is 1. The zero-order valence-corrected chi connectivity index (χ0v) is 17.8. The normalized spacial score (nSPS) is 19.7. The Kier molecular flexibility index (Phi) is 5.18. The summed E-state index contributed by atoms with van der Waals surface area (Å²) in [5.41, 5.74) is 6.17. The minimum atomic E-state index is 0.253. The molecule has 0 bridgehead atoms. The fraction of sp³-hybridized carbons (Fsp3) is 0.280. The van der Waals surface area contributed by atoms with Crippen molar-refractivity contribution >= 4 is 11.0 Å². The number of fused-ring (bicyclic) bond motifs is 1. The maximum absolute atomic E-state index is 9.66. The maximum atomic E-state index is 9.66. The van der Waals surface area contributed by atoms with Crippen LogP contribution in [0, 0.1) is 6.92 Å². The second-order valence-corrected chi connectivity index (χ2v) is 8.41. The highest BCUT2D eigenvalue weighted by Crippen LogP contribution is 2.31. The van der Waals surface area contributed by atoms with Gasteiger partial charge >= 0.3 is 0 Å². The summed E-state index contributed by atoms with van der Waals surface area (Å²) in [4.78, 5) is 7.37. The molecule has 2 aromatic heterocycles. The summed E-state index contributed by atoms with van der Waals surface area (Å²) in [6.45, 7) is 6.97. The molecule has 0 radical (unpaired) electrons. The number of piperazine rings is 1. The molecule has 0 spiro atoms. The molecule has 1 fully saturated rings. The number of rotatable bonds is 4. The van der Waals surface area contributed by atoms with E-state index in [1.165, 1.54) is 11.1 Å². The van der Waals surface area contributed by atoms with Gasteiger partial charge in [0.25, 0.3) is 0 Å². The highest BCUT2D eigenvalue weighted by atomic mass is 16.3. The molecule has 1 saturated heterocycles. The summed E-state index contributed by atoms with van der Waals surface area (Å²) in [5.74, 6) is 0.253. The summed E-state index contributed by atoms with van der Waals surface area (Å²) in [6.07, 6.45) is 0. The first-order valence-electron chi connectivity index (χ1n) is 10.7. The molecule has 0 aliphatic carbocycles. The van der Waals surface area contributed by atoms with Crippen LogP contribution in [0.4, 0.5) is 0 Å². The number of nitrogens with zero attached hydrogens (tertiary/aromatic N) is 3. The molecule has 31 heavy (non-hydrogen) atoms. The molecule has 1 aliphatic rings. The van der Waals surface area contributed by atoms with Crippen LogP contribution in [0.3, 0.4) is 0 Å². The van der Waals surface area contributed by atoms with Gasteiger partial charge < -0.3 is 10.4 Å². The van der Waals surface area contributed by atoms with Crippen molar-refractivity contribution in [2.45, 2.75) is 32.5 Å². The van der Waals surface area contributed by atoms with Gasteiger partial charge in [0.15, 0.2) is 5.65 Å². The van der Waals surface area contributed by atoms with E-state index in [2.05, 4.69) is 63.7 Å². The molecule has 4 aromatic rings. The number of nitrogens with one attached hydrogen (secondary N) is 2. The van der Waals surface area contributed by atoms with Gasteiger partial charge in [0, 0.05) is 42.7 Å². The van der Waals surface area contributed by atoms with Gasteiger partial charge in [0.2, 0.25) is 0 Å². The average Bonchev–Trinajstić information content (AvgIpc) is 3.16. The fourth-order valence-corrected chi connectivity index (χ4v) is 4.56. The first kappa shape index (κ1) is 19.7. The van der Waals surface area contributed by atoms with Gasteiger partial charge in [-0.15, -0.1) is 0 Å². The van der Waals surface area contributed by atoms with Crippen LogP contribution in [-0.2, 0) is 6.54 Å². The van der Waals surface area contributed by atoms with Crippen molar-refractivity contribution in [3.63, 3.8) is 0 Å². The van der Waals surface area contributed by atoms with Gasteiger partial charge in [-0.05, 0) is 55.3 Å².